The molecule has 5 rings (SSSR count). The molecule has 53 heavy (non-hydrogen) atoms. The number of nitrogens with one attached hydrogen (secondary N) is 1. The highest BCUT2D eigenvalue weighted by molar-refractivity contribution is 6.06. The second-order valence-electron chi connectivity index (χ2n) is 14.3. The van der Waals surface area contributed by atoms with Gasteiger partial charge < -0.3 is 15.0 Å². The van der Waals surface area contributed by atoms with E-state index >= 15 is 0 Å². The summed E-state index contributed by atoms with van der Waals surface area (Å²) in [5.74, 6) is -2.35. The van der Waals surface area contributed by atoms with Crippen molar-refractivity contribution in [1.82, 2.24) is 9.80 Å². The van der Waals surface area contributed by atoms with Crippen LogP contribution in [0.5, 0.6) is 0 Å². The number of carbonyl (C=O) groups excluding carboxylic acids is 6. The maximum atomic E-state index is 13.7. The van der Waals surface area contributed by atoms with Gasteiger partial charge >= 0.3 is 12.3 Å². The molecule has 4 amide bonds. The molecule has 10 nitrogen and oxygen atoms in total. The summed E-state index contributed by atoms with van der Waals surface area (Å²) in [6.07, 6.45) is 3.10. The van der Waals surface area contributed by atoms with Crippen LogP contribution in [0.15, 0.2) is 42.5 Å². The van der Waals surface area contributed by atoms with Crippen molar-refractivity contribution < 1.29 is 51.1 Å². The minimum Gasteiger partial charge on any atom is -0.427 e. The number of aryl methyl sites for hydroxylation is 1. The molecule has 1 N–H and O–H groups in total. The average molecular weight is 744 g/mol. The fraction of sp³-hybridized carbons (Fsp3) is 0.538. The first-order valence-corrected chi connectivity index (χ1v) is 18.3. The van der Waals surface area contributed by atoms with Gasteiger partial charge in [-0.05, 0) is 74.4 Å². The van der Waals surface area contributed by atoms with Crippen LogP contribution < -0.4 is 5.32 Å². The predicted molar refractivity (Wildman–Crippen MR) is 185 cm³/mol. The van der Waals surface area contributed by atoms with Crippen LogP contribution in [-0.4, -0.2) is 63.9 Å². The SMILES string of the molecule is C[C@H](N(Cc1ccc(F)cc1)C(=O)CN1C(=O)O[C@@]2(CCc3cc(NC(=O)CCC(=O)CCCCCCCC(=O)C4CCC4)ccc32)C1=O)C(F)(F)F. The lowest BCUT2D eigenvalue weighted by Crippen LogP contribution is -2.51. The number of ketones is 2. The van der Waals surface area contributed by atoms with E-state index in [2.05, 4.69) is 5.32 Å². The number of anilines is 1. The van der Waals surface area contributed by atoms with E-state index in [9.17, 15) is 46.3 Å². The Kier molecular flexibility index (Phi) is 12.7. The van der Waals surface area contributed by atoms with Gasteiger partial charge in [0, 0.05) is 55.8 Å². The molecule has 2 aliphatic carbocycles. The number of hydrogen-bond donors (Lipinski definition) is 1. The fourth-order valence-corrected chi connectivity index (χ4v) is 7.05. The van der Waals surface area contributed by atoms with Crippen molar-refractivity contribution in [2.24, 2.45) is 5.92 Å². The summed E-state index contributed by atoms with van der Waals surface area (Å²) in [5, 5.41) is 2.75. The van der Waals surface area contributed by atoms with Crippen molar-refractivity contribution in [1.29, 1.82) is 0 Å². The van der Waals surface area contributed by atoms with Crippen LogP contribution in [0, 0.1) is 11.7 Å². The van der Waals surface area contributed by atoms with Crippen molar-refractivity contribution in [3.8, 4) is 0 Å². The van der Waals surface area contributed by atoms with Gasteiger partial charge in [0.25, 0.3) is 5.91 Å². The minimum absolute atomic E-state index is 0.00659. The summed E-state index contributed by atoms with van der Waals surface area (Å²) in [6.45, 7) is -0.759. The molecule has 14 heteroatoms. The van der Waals surface area contributed by atoms with E-state index in [1.165, 1.54) is 24.3 Å². The largest absolute Gasteiger partial charge is 0.427 e. The van der Waals surface area contributed by atoms with E-state index in [4.69, 9.17) is 4.74 Å². The molecule has 0 aromatic heterocycles. The number of hydrogen-bond acceptors (Lipinski definition) is 7. The molecule has 2 aromatic carbocycles. The van der Waals surface area contributed by atoms with Crippen LogP contribution >= 0.6 is 0 Å². The third-order valence-corrected chi connectivity index (χ3v) is 10.5. The van der Waals surface area contributed by atoms with E-state index in [-0.39, 0.29) is 48.9 Å². The summed E-state index contributed by atoms with van der Waals surface area (Å²) in [5.41, 5.74) is -0.198. The molecule has 0 radical (unpaired) electrons. The Morgan fingerprint density at radius 3 is 2.28 bits per heavy atom. The number of Topliss-reactive ketones (excluding diaryl/α,β-unsaturated/α-hetero) is 2. The Morgan fingerprint density at radius 2 is 1.62 bits per heavy atom. The molecule has 2 atom stereocenters. The Bertz CT molecular complexity index is 1710. The van der Waals surface area contributed by atoms with Gasteiger partial charge in [0.15, 0.2) is 0 Å². The maximum Gasteiger partial charge on any atom is 0.418 e. The molecular formula is C39H45F4N3O7. The summed E-state index contributed by atoms with van der Waals surface area (Å²) in [4.78, 5) is 77.8. The number of rotatable bonds is 18. The van der Waals surface area contributed by atoms with Crippen molar-refractivity contribution in [2.45, 2.75) is 121 Å². The van der Waals surface area contributed by atoms with Crippen molar-refractivity contribution >= 4 is 41.1 Å². The van der Waals surface area contributed by atoms with Crippen molar-refractivity contribution in [3.05, 3.63) is 65.0 Å². The number of carbonyl (C=O) groups is 6. The van der Waals surface area contributed by atoms with E-state index in [1.807, 2.05) is 0 Å². The van der Waals surface area contributed by atoms with E-state index in [1.54, 1.807) is 6.07 Å². The number of amides is 4. The van der Waals surface area contributed by atoms with Gasteiger partial charge in [0.05, 0.1) is 0 Å². The molecular weight excluding hydrogens is 698 g/mol. The highest BCUT2D eigenvalue weighted by atomic mass is 19.4. The van der Waals surface area contributed by atoms with Crippen molar-refractivity contribution in [3.63, 3.8) is 0 Å². The molecule has 0 bridgehead atoms. The first kappa shape index (κ1) is 39.6. The molecule has 0 unspecified atom stereocenters. The van der Waals surface area contributed by atoms with E-state index in [0.717, 1.165) is 70.4 Å². The highest BCUT2D eigenvalue weighted by Crippen LogP contribution is 2.46. The van der Waals surface area contributed by atoms with E-state index in [0.29, 0.717) is 45.2 Å². The Labute approximate surface area is 305 Å². The van der Waals surface area contributed by atoms with Gasteiger partial charge in [-0.1, -0.05) is 43.9 Å². The number of fused-ring (bicyclic) bond motifs is 2. The molecule has 1 spiro atoms. The van der Waals surface area contributed by atoms with Gasteiger partial charge in [0.1, 0.15) is 30.0 Å². The Balaban J connectivity index is 1.10. The number of alkyl halides is 3. The second kappa shape index (κ2) is 17.0. The number of nitrogens with zero attached hydrogens (tertiary/aromatic N) is 2. The Hall–Kier alpha value is -4.62. The molecule has 3 aliphatic rings. The number of ether oxygens (including phenoxy) is 1. The highest BCUT2D eigenvalue weighted by Gasteiger charge is 2.58. The third kappa shape index (κ3) is 9.68. The minimum atomic E-state index is -4.82. The fourth-order valence-electron chi connectivity index (χ4n) is 7.05. The topological polar surface area (TPSA) is 130 Å². The van der Waals surface area contributed by atoms with Crippen molar-refractivity contribution in [2.75, 3.05) is 11.9 Å². The predicted octanol–water partition coefficient (Wildman–Crippen LogP) is 7.31. The molecule has 1 heterocycles. The third-order valence-electron chi connectivity index (χ3n) is 10.5. The molecule has 1 saturated carbocycles. The molecule has 1 saturated heterocycles. The van der Waals surface area contributed by atoms with Crippen LogP contribution in [0.1, 0.15) is 107 Å². The number of halogens is 4. The zero-order valence-electron chi connectivity index (χ0n) is 29.8. The quantitative estimate of drug-likeness (QED) is 0.125. The monoisotopic (exact) mass is 743 g/mol. The standard InChI is InChI=1S/C39H45F4N3O7/c1-25(39(41,42)43)45(23-26-12-14-29(40)15-13-26)35(50)24-46-36(51)38(53-37(46)52)21-20-28-22-30(16-18-32(28)38)44-34(49)19-17-31(47)10-5-3-2-4-6-11-33(48)27-8-7-9-27/h12-16,18,22,25,27H,2-11,17,19-21,23-24H2,1H3,(H,44,49)/t25-,38+/m0/s1. The zero-order valence-corrected chi connectivity index (χ0v) is 29.8. The van der Waals surface area contributed by atoms with Crippen LogP contribution in [0.25, 0.3) is 0 Å². The normalized spacial score (nSPS) is 18.8. The summed E-state index contributed by atoms with van der Waals surface area (Å²) < 4.78 is 60.2. The summed E-state index contributed by atoms with van der Waals surface area (Å²) in [7, 11) is 0. The molecule has 286 valence electrons. The van der Waals surface area contributed by atoms with E-state index < -0.39 is 54.6 Å². The molecule has 2 aromatic rings. The lowest BCUT2D eigenvalue weighted by molar-refractivity contribution is -0.187. The van der Waals surface area contributed by atoms with Crippen LogP contribution in [0.3, 0.4) is 0 Å². The maximum absolute atomic E-state index is 13.7. The van der Waals surface area contributed by atoms with Gasteiger partial charge in [-0.2, -0.15) is 13.2 Å². The summed E-state index contributed by atoms with van der Waals surface area (Å²) in [6, 6.07) is 6.97. The zero-order chi connectivity index (χ0) is 38.3. The number of imide groups is 1. The average Bonchev–Trinajstić information content (AvgIpc) is 3.56. The number of unbranched alkanes of at least 4 members (excludes halogenated alkanes) is 4. The smallest absolute Gasteiger partial charge is 0.418 e. The molecule has 2 fully saturated rings. The van der Waals surface area contributed by atoms with Gasteiger partial charge in [-0.25, -0.2) is 14.1 Å². The lowest BCUT2D eigenvalue weighted by Gasteiger charge is -2.31. The van der Waals surface area contributed by atoms with Gasteiger partial charge in [0.2, 0.25) is 17.4 Å². The second-order valence-corrected chi connectivity index (χ2v) is 14.3. The van der Waals surface area contributed by atoms with Crippen LogP contribution in [0.4, 0.5) is 28.0 Å². The Morgan fingerprint density at radius 1 is 0.943 bits per heavy atom. The first-order chi connectivity index (χ1) is 25.2. The van der Waals surface area contributed by atoms with Crippen LogP contribution in [0.2, 0.25) is 0 Å². The number of benzene rings is 2. The lowest BCUT2D eigenvalue weighted by atomic mass is 9.80. The first-order valence-electron chi connectivity index (χ1n) is 18.3. The van der Waals surface area contributed by atoms with Gasteiger partial charge in [-0.15, -0.1) is 0 Å². The van der Waals surface area contributed by atoms with Gasteiger partial charge in [-0.3, -0.25) is 24.0 Å². The molecule has 1 aliphatic heterocycles. The van der Waals surface area contributed by atoms with Crippen LogP contribution in [-0.2, 0) is 47.3 Å². The summed E-state index contributed by atoms with van der Waals surface area (Å²) >= 11 is 0.